The third-order valence-corrected chi connectivity index (χ3v) is 3.66. The number of hydrogen-bond acceptors (Lipinski definition) is 2. The quantitative estimate of drug-likeness (QED) is 0.855. The first kappa shape index (κ1) is 12.5. The van der Waals surface area contributed by atoms with Crippen LogP contribution < -0.4 is 10.5 Å². The number of fused-ring (bicyclic) bond motifs is 1. The summed E-state index contributed by atoms with van der Waals surface area (Å²) in [6, 6.07) is 12.3. The molecule has 1 aliphatic heterocycles. The second-order valence-electron chi connectivity index (χ2n) is 4.66. The van der Waals surface area contributed by atoms with Gasteiger partial charge in [0.25, 0.3) is 0 Å². The molecule has 1 unspecified atom stereocenters. The Morgan fingerprint density at radius 1 is 1.21 bits per heavy atom. The number of rotatable bonds is 1. The number of para-hydroxylation sites is 1. The Morgan fingerprint density at radius 3 is 2.79 bits per heavy atom. The van der Waals surface area contributed by atoms with E-state index in [2.05, 4.69) is 0 Å². The molecule has 98 valence electrons. The molecule has 0 spiro atoms. The van der Waals surface area contributed by atoms with Crippen molar-refractivity contribution in [1.29, 1.82) is 0 Å². The first-order valence-electron chi connectivity index (χ1n) is 6.11. The van der Waals surface area contributed by atoms with Gasteiger partial charge in [0.2, 0.25) is 0 Å². The summed E-state index contributed by atoms with van der Waals surface area (Å²) in [6.45, 7) is 0. The molecule has 4 heteroatoms. The van der Waals surface area contributed by atoms with Crippen LogP contribution in [0.1, 0.15) is 29.7 Å². The fourth-order valence-electron chi connectivity index (χ4n) is 2.37. The van der Waals surface area contributed by atoms with Gasteiger partial charge in [-0.3, -0.25) is 0 Å². The number of halogens is 2. The highest BCUT2D eigenvalue weighted by atomic mass is 35.5. The Balaban J connectivity index is 1.94. The van der Waals surface area contributed by atoms with Crippen LogP contribution >= 0.6 is 11.6 Å². The largest absolute Gasteiger partial charge is 0.485 e. The first-order valence-corrected chi connectivity index (χ1v) is 6.49. The normalized spacial score (nSPS) is 21.6. The molecule has 0 bridgehead atoms. The van der Waals surface area contributed by atoms with E-state index in [9.17, 15) is 4.39 Å². The van der Waals surface area contributed by atoms with E-state index in [0.717, 1.165) is 16.9 Å². The Labute approximate surface area is 115 Å². The summed E-state index contributed by atoms with van der Waals surface area (Å²) in [4.78, 5) is 0. The highest BCUT2D eigenvalue weighted by Crippen LogP contribution is 2.39. The van der Waals surface area contributed by atoms with Gasteiger partial charge in [-0.2, -0.15) is 0 Å². The Kier molecular flexibility index (Phi) is 3.17. The van der Waals surface area contributed by atoms with E-state index in [-0.39, 0.29) is 17.2 Å². The number of nitrogens with two attached hydrogens (primary N) is 1. The number of benzene rings is 2. The van der Waals surface area contributed by atoms with Crippen molar-refractivity contribution in [2.24, 2.45) is 5.73 Å². The molecule has 0 amide bonds. The topological polar surface area (TPSA) is 35.2 Å². The van der Waals surface area contributed by atoms with Crippen molar-refractivity contribution >= 4 is 11.6 Å². The van der Waals surface area contributed by atoms with Crippen molar-refractivity contribution in [3.63, 3.8) is 0 Å². The summed E-state index contributed by atoms with van der Waals surface area (Å²) in [5, 5.41) is 0.105. The van der Waals surface area contributed by atoms with Crippen molar-refractivity contribution in [2.45, 2.75) is 18.6 Å². The van der Waals surface area contributed by atoms with Crippen LogP contribution in [-0.2, 0) is 0 Å². The molecule has 0 aliphatic carbocycles. The standard InChI is InChI=1S/C15H13ClFNO/c16-11-7-9(5-6-12(11)17)15-8-13(18)10-3-1-2-4-14(10)19-15/h1-7,13,15H,8,18H2/t13-,15?/m0/s1. The number of hydrogen-bond donors (Lipinski definition) is 1. The Bertz CT molecular complexity index is 617. The zero-order chi connectivity index (χ0) is 13.4. The molecule has 2 nitrogen and oxygen atoms in total. The molecule has 3 rings (SSSR count). The van der Waals surface area contributed by atoms with Crippen molar-refractivity contribution < 1.29 is 9.13 Å². The smallest absolute Gasteiger partial charge is 0.141 e. The predicted octanol–water partition coefficient (Wildman–Crippen LogP) is 4.00. The van der Waals surface area contributed by atoms with Crippen LogP contribution in [-0.4, -0.2) is 0 Å². The van der Waals surface area contributed by atoms with E-state index < -0.39 is 5.82 Å². The van der Waals surface area contributed by atoms with Gasteiger partial charge < -0.3 is 10.5 Å². The molecule has 2 aromatic rings. The van der Waals surface area contributed by atoms with Crippen LogP contribution in [0.5, 0.6) is 5.75 Å². The summed E-state index contributed by atoms with van der Waals surface area (Å²) in [5.41, 5.74) is 8.01. The molecule has 0 saturated heterocycles. The number of ether oxygens (including phenoxy) is 1. The third kappa shape index (κ3) is 2.31. The van der Waals surface area contributed by atoms with Crippen molar-refractivity contribution in [2.75, 3.05) is 0 Å². The first-order chi connectivity index (χ1) is 9.15. The maximum atomic E-state index is 13.2. The summed E-state index contributed by atoms with van der Waals surface area (Å²) in [5.74, 6) is 0.359. The molecule has 19 heavy (non-hydrogen) atoms. The lowest BCUT2D eigenvalue weighted by Gasteiger charge is -2.30. The third-order valence-electron chi connectivity index (χ3n) is 3.37. The minimum atomic E-state index is -0.425. The van der Waals surface area contributed by atoms with Gasteiger partial charge in [-0.1, -0.05) is 35.9 Å². The average Bonchev–Trinajstić information content (AvgIpc) is 2.42. The molecule has 0 saturated carbocycles. The lowest BCUT2D eigenvalue weighted by atomic mass is 9.94. The lowest BCUT2D eigenvalue weighted by Crippen LogP contribution is -2.24. The fraction of sp³-hybridized carbons (Fsp3) is 0.200. The lowest BCUT2D eigenvalue weighted by molar-refractivity contribution is 0.161. The molecular weight excluding hydrogens is 265 g/mol. The van der Waals surface area contributed by atoms with Crippen LogP contribution in [0.2, 0.25) is 5.02 Å². The molecule has 2 aromatic carbocycles. The van der Waals surface area contributed by atoms with Gasteiger partial charge >= 0.3 is 0 Å². The van der Waals surface area contributed by atoms with Gasteiger partial charge in [0.15, 0.2) is 0 Å². The monoisotopic (exact) mass is 277 g/mol. The fourth-order valence-corrected chi connectivity index (χ4v) is 2.56. The van der Waals surface area contributed by atoms with Crippen LogP contribution in [0.25, 0.3) is 0 Å². The van der Waals surface area contributed by atoms with Crippen molar-refractivity contribution in [3.8, 4) is 5.75 Å². The zero-order valence-electron chi connectivity index (χ0n) is 10.1. The van der Waals surface area contributed by atoms with Gasteiger partial charge in [0.1, 0.15) is 17.7 Å². The molecule has 0 radical (unpaired) electrons. The SMILES string of the molecule is N[C@H]1CC(c2ccc(F)c(Cl)c2)Oc2ccccc21. The molecule has 2 N–H and O–H groups in total. The molecule has 0 fully saturated rings. The van der Waals surface area contributed by atoms with E-state index in [1.165, 1.54) is 6.07 Å². The van der Waals surface area contributed by atoms with Crippen LogP contribution in [0.3, 0.4) is 0 Å². The second-order valence-corrected chi connectivity index (χ2v) is 5.07. The summed E-state index contributed by atoms with van der Waals surface area (Å²) in [7, 11) is 0. The second kappa shape index (κ2) is 4.83. The summed E-state index contributed by atoms with van der Waals surface area (Å²) in [6.07, 6.45) is 0.460. The van der Waals surface area contributed by atoms with E-state index in [0.29, 0.717) is 6.42 Å². The molecular formula is C15H13ClFNO. The van der Waals surface area contributed by atoms with Crippen LogP contribution in [0, 0.1) is 5.82 Å². The minimum absolute atomic E-state index is 0.0845. The maximum Gasteiger partial charge on any atom is 0.141 e. The molecule has 2 atom stereocenters. The molecule has 0 aromatic heterocycles. The van der Waals surface area contributed by atoms with E-state index >= 15 is 0 Å². The Morgan fingerprint density at radius 2 is 2.00 bits per heavy atom. The molecule has 1 heterocycles. The highest BCUT2D eigenvalue weighted by molar-refractivity contribution is 6.30. The van der Waals surface area contributed by atoms with E-state index in [4.69, 9.17) is 22.1 Å². The minimum Gasteiger partial charge on any atom is -0.485 e. The maximum absolute atomic E-state index is 13.2. The Hall–Kier alpha value is -1.58. The average molecular weight is 278 g/mol. The van der Waals surface area contributed by atoms with Gasteiger partial charge in [0.05, 0.1) is 5.02 Å². The highest BCUT2D eigenvalue weighted by Gasteiger charge is 2.27. The summed E-state index contributed by atoms with van der Waals surface area (Å²) >= 11 is 5.81. The van der Waals surface area contributed by atoms with Crippen molar-refractivity contribution in [3.05, 3.63) is 64.4 Å². The van der Waals surface area contributed by atoms with Gasteiger partial charge in [-0.05, 0) is 23.8 Å². The van der Waals surface area contributed by atoms with E-state index in [1.807, 2.05) is 24.3 Å². The summed E-state index contributed by atoms with van der Waals surface area (Å²) < 4.78 is 19.1. The molecule has 1 aliphatic rings. The van der Waals surface area contributed by atoms with Gasteiger partial charge in [-0.15, -0.1) is 0 Å². The van der Waals surface area contributed by atoms with Crippen LogP contribution in [0.4, 0.5) is 4.39 Å². The predicted molar refractivity (Wildman–Crippen MR) is 72.8 cm³/mol. The van der Waals surface area contributed by atoms with Gasteiger partial charge in [-0.25, -0.2) is 4.39 Å². The van der Waals surface area contributed by atoms with Crippen LogP contribution in [0.15, 0.2) is 42.5 Å². The van der Waals surface area contributed by atoms with Crippen molar-refractivity contribution in [1.82, 2.24) is 0 Å². The zero-order valence-corrected chi connectivity index (χ0v) is 10.9. The van der Waals surface area contributed by atoms with Gasteiger partial charge in [0, 0.05) is 18.0 Å². The van der Waals surface area contributed by atoms with E-state index in [1.54, 1.807) is 12.1 Å².